The molecule has 0 heterocycles. The molecule has 1 atom stereocenters. The molecule has 0 aliphatic rings. The van der Waals surface area contributed by atoms with Crippen LogP contribution in [0.2, 0.25) is 0 Å². The second-order valence-corrected chi connectivity index (χ2v) is 5.84. The Labute approximate surface area is 123 Å². The Hall–Kier alpha value is -2.24. The monoisotopic (exact) mass is 295 g/mol. The van der Waals surface area contributed by atoms with Gasteiger partial charge in [0.05, 0.1) is 6.04 Å². The number of alkyl carbamates (subject to hydrolysis) is 1. The number of phenolic OH excluding ortho intramolecular Hbond substituents is 2. The van der Waals surface area contributed by atoms with E-state index in [1.807, 2.05) is 0 Å². The third-order valence-electron chi connectivity index (χ3n) is 2.66. The van der Waals surface area contributed by atoms with Crippen LogP contribution in [-0.2, 0) is 16.0 Å². The van der Waals surface area contributed by atoms with Crippen molar-refractivity contribution in [2.24, 2.45) is 0 Å². The van der Waals surface area contributed by atoms with Crippen molar-refractivity contribution in [1.82, 2.24) is 5.32 Å². The predicted molar refractivity (Wildman–Crippen MR) is 77.3 cm³/mol. The molecule has 1 aromatic carbocycles. The highest BCUT2D eigenvalue weighted by Crippen LogP contribution is 2.25. The summed E-state index contributed by atoms with van der Waals surface area (Å²) < 4.78 is 5.11. The lowest BCUT2D eigenvalue weighted by molar-refractivity contribution is -0.119. The zero-order chi connectivity index (χ0) is 16.2. The second-order valence-electron chi connectivity index (χ2n) is 5.84. The van der Waals surface area contributed by atoms with Gasteiger partial charge in [0.2, 0.25) is 0 Å². The first-order chi connectivity index (χ1) is 9.58. The lowest BCUT2D eigenvalue weighted by atomic mass is 10.0. The van der Waals surface area contributed by atoms with Gasteiger partial charge in [-0.3, -0.25) is 4.79 Å². The van der Waals surface area contributed by atoms with Crippen LogP contribution >= 0.6 is 0 Å². The highest BCUT2D eigenvalue weighted by Gasteiger charge is 2.22. The number of phenols is 2. The molecule has 0 aromatic heterocycles. The van der Waals surface area contributed by atoms with Crippen LogP contribution in [0.25, 0.3) is 0 Å². The van der Waals surface area contributed by atoms with Crippen molar-refractivity contribution in [3.63, 3.8) is 0 Å². The Kier molecular flexibility index (Phi) is 5.18. The summed E-state index contributed by atoms with van der Waals surface area (Å²) in [5, 5.41) is 21.2. The number of carbonyl (C=O) groups excluding carboxylic acids is 2. The highest BCUT2D eigenvalue weighted by molar-refractivity contribution is 5.85. The van der Waals surface area contributed by atoms with E-state index in [2.05, 4.69) is 5.32 Å². The van der Waals surface area contributed by atoms with Gasteiger partial charge in [-0.15, -0.1) is 0 Å². The molecule has 0 bridgehead atoms. The normalized spacial score (nSPS) is 12.6. The van der Waals surface area contributed by atoms with Crippen molar-refractivity contribution < 1.29 is 24.5 Å². The summed E-state index contributed by atoms with van der Waals surface area (Å²) >= 11 is 0. The Morgan fingerprint density at radius 2 is 1.86 bits per heavy atom. The van der Waals surface area contributed by atoms with Gasteiger partial charge < -0.3 is 20.3 Å². The van der Waals surface area contributed by atoms with Crippen LogP contribution in [0.5, 0.6) is 11.5 Å². The van der Waals surface area contributed by atoms with Gasteiger partial charge in [-0.05, 0) is 51.8 Å². The molecule has 21 heavy (non-hydrogen) atoms. The van der Waals surface area contributed by atoms with Crippen LogP contribution in [0.1, 0.15) is 33.3 Å². The minimum Gasteiger partial charge on any atom is -0.504 e. The molecule has 1 rings (SSSR count). The molecular weight excluding hydrogens is 274 g/mol. The molecule has 0 aliphatic carbocycles. The molecule has 116 valence electrons. The minimum absolute atomic E-state index is 0.197. The maximum absolute atomic E-state index is 11.7. The van der Waals surface area contributed by atoms with Crippen LogP contribution < -0.4 is 5.32 Å². The van der Waals surface area contributed by atoms with E-state index in [9.17, 15) is 19.8 Å². The van der Waals surface area contributed by atoms with E-state index >= 15 is 0 Å². The van der Waals surface area contributed by atoms with Crippen molar-refractivity contribution in [2.45, 2.75) is 45.8 Å². The summed E-state index contributed by atoms with van der Waals surface area (Å²) in [6, 6.07) is 3.49. The Bertz CT molecular complexity index is 533. The number of Topliss-reactive ketones (excluding diaryl/α,β-unsaturated/α-hetero) is 1. The first kappa shape index (κ1) is 16.8. The van der Waals surface area contributed by atoms with E-state index in [0.29, 0.717) is 5.56 Å². The summed E-state index contributed by atoms with van der Waals surface area (Å²) in [6.45, 7) is 6.55. The van der Waals surface area contributed by atoms with Crippen LogP contribution in [0.15, 0.2) is 18.2 Å². The quantitative estimate of drug-likeness (QED) is 0.739. The number of carbonyl (C=O) groups is 2. The van der Waals surface area contributed by atoms with Crippen molar-refractivity contribution in [2.75, 3.05) is 0 Å². The van der Waals surface area contributed by atoms with Crippen molar-refractivity contribution in [1.29, 1.82) is 0 Å². The molecule has 6 heteroatoms. The molecule has 1 aromatic rings. The van der Waals surface area contributed by atoms with E-state index in [1.54, 1.807) is 26.8 Å². The minimum atomic E-state index is -0.760. The molecule has 0 saturated carbocycles. The van der Waals surface area contributed by atoms with Gasteiger partial charge in [-0.25, -0.2) is 4.79 Å². The fourth-order valence-electron chi connectivity index (χ4n) is 1.68. The van der Waals surface area contributed by atoms with E-state index in [0.717, 1.165) is 0 Å². The molecule has 0 aliphatic heterocycles. The summed E-state index contributed by atoms with van der Waals surface area (Å²) in [5.74, 6) is -0.737. The van der Waals surface area contributed by atoms with Crippen LogP contribution in [0, 0.1) is 0 Å². The Morgan fingerprint density at radius 1 is 1.24 bits per heavy atom. The van der Waals surface area contributed by atoms with Gasteiger partial charge in [0.15, 0.2) is 17.3 Å². The summed E-state index contributed by atoms with van der Waals surface area (Å²) in [6.07, 6.45) is -0.478. The molecule has 0 fully saturated rings. The van der Waals surface area contributed by atoms with Crippen molar-refractivity contribution in [3.8, 4) is 11.5 Å². The number of hydrogen-bond donors (Lipinski definition) is 3. The SMILES string of the molecule is CC(=O)[C@H](Cc1ccc(O)c(O)c1)NC(=O)OC(C)(C)C. The van der Waals surface area contributed by atoms with Crippen LogP contribution in [-0.4, -0.2) is 33.7 Å². The maximum atomic E-state index is 11.7. The Balaban J connectivity index is 2.76. The van der Waals surface area contributed by atoms with Crippen LogP contribution in [0.3, 0.4) is 0 Å². The number of rotatable bonds is 4. The predicted octanol–water partition coefficient (Wildman–Crippen LogP) is 2.12. The zero-order valence-electron chi connectivity index (χ0n) is 12.6. The molecule has 0 saturated heterocycles. The van der Waals surface area contributed by atoms with Crippen molar-refractivity contribution >= 4 is 11.9 Å². The van der Waals surface area contributed by atoms with Gasteiger partial charge in [0.1, 0.15) is 5.60 Å². The average molecular weight is 295 g/mol. The number of nitrogens with one attached hydrogen (secondary N) is 1. The fourth-order valence-corrected chi connectivity index (χ4v) is 1.68. The summed E-state index contributed by atoms with van der Waals surface area (Å²) in [4.78, 5) is 23.3. The van der Waals surface area contributed by atoms with Crippen molar-refractivity contribution in [3.05, 3.63) is 23.8 Å². The molecule has 3 N–H and O–H groups in total. The lowest BCUT2D eigenvalue weighted by Gasteiger charge is -2.22. The van der Waals surface area contributed by atoms with E-state index < -0.39 is 17.7 Å². The van der Waals surface area contributed by atoms with Gasteiger partial charge in [-0.1, -0.05) is 6.07 Å². The maximum Gasteiger partial charge on any atom is 0.408 e. The smallest absolute Gasteiger partial charge is 0.408 e. The van der Waals surface area contributed by atoms with Gasteiger partial charge in [-0.2, -0.15) is 0 Å². The molecular formula is C15H21NO5. The number of ketones is 1. The number of hydrogen-bond acceptors (Lipinski definition) is 5. The molecule has 0 spiro atoms. The number of benzene rings is 1. The van der Waals surface area contributed by atoms with E-state index in [1.165, 1.54) is 19.1 Å². The second kappa shape index (κ2) is 6.47. The van der Waals surface area contributed by atoms with Gasteiger partial charge >= 0.3 is 6.09 Å². The molecule has 6 nitrogen and oxygen atoms in total. The first-order valence-electron chi connectivity index (χ1n) is 6.59. The fraction of sp³-hybridized carbons (Fsp3) is 0.467. The third kappa shape index (κ3) is 5.72. The topological polar surface area (TPSA) is 95.9 Å². The van der Waals surface area contributed by atoms with Gasteiger partial charge in [0, 0.05) is 0 Å². The number of ether oxygens (including phenoxy) is 1. The average Bonchev–Trinajstić information content (AvgIpc) is 2.30. The summed E-state index contributed by atoms with van der Waals surface area (Å²) in [5.41, 5.74) is -0.0380. The largest absolute Gasteiger partial charge is 0.504 e. The first-order valence-corrected chi connectivity index (χ1v) is 6.59. The Morgan fingerprint density at radius 3 is 2.33 bits per heavy atom. The molecule has 1 amide bonds. The van der Waals surface area contributed by atoms with Gasteiger partial charge in [0.25, 0.3) is 0 Å². The molecule has 0 radical (unpaired) electrons. The standard InChI is InChI=1S/C15H21NO5/c1-9(17)11(16-14(20)21-15(2,3)4)7-10-5-6-12(18)13(19)8-10/h5-6,8,11,18-19H,7H2,1-4H3,(H,16,20)/t11-/m0/s1. The third-order valence-corrected chi connectivity index (χ3v) is 2.66. The van der Waals surface area contributed by atoms with E-state index in [4.69, 9.17) is 4.74 Å². The van der Waals surface area contributed by atoms with E-state index in [-0.39, 0.29) is 23.7 Å². The zero-order valence-corrected chi connectivity index (χ0v) is 12.6. The lowest BCUT2D eigenvalue weighted by Crippen LogP contribution is -2.43. The molecule has 0 unspecified atom stereocenters. The highest BCUT2D eigenvalue weighted by atomic mass is 16.6. The number of aromatic hydroxyl groups is 2. The van der Waals surface area contributed by atoms with Crippen LogP contribution in [0.4, 0.5) is 4.79 Å². The summed E-state index contributed by atoms with van der Waals surface area (Å²) in [7, 11) is 0. The number of amides is 1.